The van der Waals surface area contributed by atoms with Gasteiger partial charge in [0.2, 0.25) is 5.16 Å². The smallest absolute Gasteiger partial charge is 0.215 e. The molecule has 3 rings (SSSR count). The van der Waals surface area contributed by atoms with Crippen LogP contribution in [0.4, 0.5) is 0 Å². The Morgan fingerprint density at radius 1 is 1.44 bits per heavy atom. The van der Waals surface area contributed by atoms with E-state index in [2.05, 4.69) is 25.5 Å². The van der Waals surface area contributed by atoms with Crippen molar-refractivity contribution < 1.29 is 0 Å². The van der Waals surface area contributed by atoms with Crippen molar-refractivity contribution in [1.29, 1.82) is 0 Å². The lowest BCUT2D eigenvalue weighted by Crippen LogP contribution is -2.00. The summed E-state index contributed by atoms with van der Waals surface area (Å²) in [7, 11) is 0. The van der Waals surface area contributed by atoms with Crippen molar-refractivity contribution in [3.63, 3.8) is 0 Å². The average Bonchev–Trinajstić information content (AvgIpc) is 3.10. The van der Waals surface area contributed by atoms with Crippen LogP contribution in [0.1, 0.15) is 31.6 Å². The molecule has 1 saturated carbocycles. The molecule has 18 heavy (non-hydrogen) atoms. The van der Waals surface area contributed by atoms with Gasteiger partial charge in [0.15, 0.2) is 0 Å². The Morgan fingerprint density at radius 3 is 3.00 bits per heavy atom. The van der Waals surface area contributed by atoms with Gasteiger partial charge in [-0.1, -0.05) is 18.5 Å². The lowest BCUT2D eigenvalue weighted by atomic mass is 10.4. The van der Waals surface area contributed by atoms with Crippen LogP contribution in [0.15, 0.2) is 16.2 Å². The van der Waals surface area contributed by atoms with Crippen molar-refractivity contribution in [3.05, 3.63) is 17.0 Å². The molecule has 0 N–H and O–H groups in total. The highest BCUT2D eigenvalue weighted by molar-refractivity contribution is 7.99. The van der Waals surface area contributed by atoms with Crippen molar-refractivity contribution in [2.75, 3.05) is 0 Å². The second kappa shape index (κ2) is 4.81. The van der Waals surface area contributed by atoms with E-state index in [9.17, 15) is 0 Å². The van der Waals surface area contributed by atoms with Crippen LogP contribution in [0, 0.1) is 0 Å². The molecule has 0 amide bonds. The van der Waals surface area contributed by atoms with Gasteiger partial charge in [-0.15, -0.1) is 5.10 Å². The SMILES string of the molecule is CCc1nc(Cl)cc(Sc2nnnn2C2CC2)n1. The van der Waals surface area contributed by atoms with Crippen LogP contribution >= 0.6 is 23.4 Å². The second-order valence-corrected chi connectivity index (χ2v) is 5.41. The molecular formula is C10H11ClN6S. The molecule has 6 nitrogen and oxygen atoms in total. The van der Waals surface area contributed by atoms with Crippen LogP contribution in [-0.2, 0) is 6.42 Å². The zero-order chi connectivity index (χ0) is 12.5. The highest BCUT2D eigenvalue weighted by Gasteiger charge is 2.28. The minimum absolute atomic E-state index is 0.449. The molecule has 1 fully saturated rings. The van der Waals surface area contributed by atoms with E-state index >= 15 is 0 Å². The topological polar surface area (TPSA) is 69.4 Å². The van der Waals surface area contributed by atoms with Gasteiger partial charge in [0.1, 0.15) is 16.0 Å². The molecule has 0 bridgehead atoms. The predicted octanol–water partition coefficient (Wildman–Crippen LogP) is 2.16. The van der Waals surface area contributed by atoms with Crippen LogP contribution < -0.4 is 0 Å². The molecule has 2 aromatic rings. The Balaban J connectivity index is 1.87. The first kappa shape index (κ1) is 11.9. The largest absolute Gasteiger partial charge is 0.226 e. The molecule has 0 atom stereocenters. The van der Waals surface area contributed by atoms with E-state index in [1.54, 1.807) is 6.07 Å². The normalized spacial score (nSPS) is 15.0. The Bertz CT molecular complexity index is 567. The fraction of sp³-hybridized carbons (Fsp3) is 0.500. The minimum atomic E-state index is 0.449. The number of hydrogen-bond acceptors (Lipinski definition) is 6. The van der Waals surface area contributed by atoms with Crippen molar-refractivity contribution in [2.24, 2.45) is 0 Å². The molecule has 8 heteroatoms. The van der Waals surface area contributed by atoms with Crippen molar-refractivity contribution in [1.82, 2.24) is 30.2 Å². The Morgan fingerprint density at radius 2 is 2.28 bits per heavy atom. The quantitative estimate of drug-likeness (QED) is 0.801. The minimum Gasteiger partial charge on any atom is -0.226 e. The molecule has 0 spiro atoms. The lowest BCUT2D eigenvalue weighted by Gasteiger charge is -2.03. The number of halogens is 1. The molecule has 0 unspecified atom stereocenters. The van der Waals surface area contributed by atoms with E-state index < -0.39 is 0 Å². The van der Waals surface area contributed by atoms with E-state index in [-0.39, 0.29) is 0 Å². The van der Waals surface area contributed by atoms with Crippen molar-refractivity contribution >= 4 is 23.4 Å². The highest BCUT2D eigenvalue weighted by Crippen LogP contribution is 2.37. The molecule has 0 aromatic carbocycles. The number of tetrazole rings is 1. The van der Waals surface area contributed by atoms with E-state index in [1.165, 1.54) is 11.8 Å². The molecule has 0 saturated heterocycles. The monoisotopic (exact) mass is 282 g/mol. The van der Waals surface area contributed by atoms with E-state index in [1.807, 2.05) is 11.6 Å². The van der Waals surface area contributed by atoms with Crippen LogP contribution in [0.3, 0.4) is 0 Å². The third-order valence-corrected chi connectivity index (χ3v) is 3.65. The molecule has 94 valence electrons. The van der Waals surface area contributed by atoms with Gasteiger partial charge >= 0.3 is 0 Å². The fourth-order valence-electron chi connectivity index (χ4n) is 1.55. The summed E-state index contributed by atoms with van der Waals surface area (Å²) in [5.41, 5.74) is 0. The van der Waals surface area contributed by atoms with E-state index in [0.29, 0.717) is 11.2 Å². The first-order valence-electron chi connectivity index (χ1n) is 5.75. The molecule has 0 radical (unpaired) electrons. The summed E-state index contributed by atoms with van der Waals surface area (Å²) in [5, 5.41) is 13.7. The predicted molar refractivity (Wildman–Crippen MR) is 66.6 cm³/mol. The second-order valence-electron chi connectivity index (χ2n) is 4.04. The maximum absolute atomic E-state index is 5.96. The summed E-state index contributed by atoms with van der Waals surface area (Å²) in [4.78, 5) is 8.54. The number of nitrogens with zero attached hydrogens (tertiary/aromatic N) is 6. The molecular weight excluding hydrogens is 272 g/mol. The summed E-state index contributed by atoms with van der Waals surface area (Å²) in [6.07, 6.45) is 3.04. The molecule has 0 aliphatic heterocycles. The third-order valence-electron chi connectivity index (χ3n) is 2.59. The van der Waals surface area contributed by atoms with Gasteiger partial charge < -0.3 is 0 Å². The van der Waals surface area contributed by atoms with Gasteiger partial charge in [-0.3, -0.25) is 0 Å². The first-order chi connectivity index (χ1) is 8.76. The zero-order valence-electron chi connectivity index (χ0n) is 9.75. The molecule has 2 aromatic heterocycles. The van der Waals surface area contributed by atoms with E-state index in [0.717, 1.165) is 35.3 Å². The van der Waals surface area contributed by atoms with Crippen molar-refractivity contribution in [2.45, 2.75) is 42.4 Å². The van der Waals surface area contributed by atoms with E-state index in [4.69, 9.17) is 11.6 Å². The summed E-state index contributed by atoms with van der Waals surface area (Å²) < 4.78 is 1.85. The molecule has 1 aliphatic rings. The Kier molecular flexibility index (Phi) is 3.17. The van der Waals surface area contributed by atoms with Crippen LogP contribution in [0.2, 0.25) is 5.15 Å². The van der Waals surface area contributed by atoms with Gasteiger partial charge in [-0.25, -0.2) is 14.6 Å². The summed E-state index contributed by atoms with van der Waals surface area (Å²) in [5.74, 6) is 0.732. The summed E-state index contributed by atoms with van der Waals surface area (Å²) in [6.45, 7) is 1.99. The summed E-state index contributed by atoms with van der Waals surface area (Å²) in [6, 6.07) is 2.18. The van der Waals surface area contributed by atoms with Gasteiger partial charge in [0.25, 0.3) is 0 Å². The number of aromatic nitrogens is 6. The zero-order valence-corrected chi connectivity index (χ0v) is 11.3. The maximum Gasteiger partial charge on any atom is 0.215 e. The van der Waals surface area contributed by atoms with Gasteiger partial charge in [-0.05, 0) is 35.0 Å². The summed E-state index contributed by atoms with van der Waals surface area (Å²) >= 11 is 7.38. The Hall–Kier alpha value is -1.21. The van der Waals surface area contributed by atoms with Crippen LogP contribution in [-0.4, -0.2) is 30.2 Å². The maximum atomic E-state index is 5.96. The molecule has 1 aliphatic carbocycles. The van der Waals surface area contributed by atoms with Gasteiger partial charge in [0, 0.05) is 12.5 Å². The van der Waals surface area contributed by atoms with Crippen LogP contribution in [0.25, 0.3) is 0 Å². The number of rotatable bonds is 4. The standard InChI is InChI=1S/C10H11ClN6S/c1-2-8-12-7(11)5-9(13-8)18-10-14-15-16-17(10)6-3-4-6/h5-6H,2-4H2,1H3. The fourth-order valence-corrected chi connectivity index (χ4v) is 2.68. The lowest BCUT2D eigenvalue weighted by molar-refractivity contribution is 0.565. The average molecular weight is 283 g/mol. The Labute approximate surface area is 113 Å². The van der Waals surface area contributed by atoms with Crippen molar-refractivity contribution in [3.8, 4) is 0 Å². The van der Waals surface area contributed by atoms with Crippen LogP contribution in [0.5, 0.6) is 0 Å². The number of hydrogen-bond donors (Lipinski definition) is 0. The first-order valence-corrected chi connectivity index (χ1v) is 6.95. The van der Waals surface area contributed by atoms with Gasteiger partial charge in [-0.2, -0.15) is 0 Å². The van der Waals surface area contributed by atoms with Gasteiger partial charge in [0.05, 0.1) is 6.04 Å². The number of aryl methyl sites for hydroxylation is 1. The highest BCUT2D eigenvalue weighted by atomic mass is 35.5. The molecule has 2 heterocycles. The third kappa shape index (κ3) is 2.46.